The molecule has 0 radical (unpaired) electrons. The number of H-pyrrole nitrogens is 1. The third kappa shape index (κ3) is 4.31. The molecule has 0 unspecified atom stereocenters. The van der Waals surface area contributed by atoms with Gasteiger partial charge in [0, 0.05) is 10.6 Å². The standard InChI is InChI=1S/C24H18ClN3O/c1-16-6-11-21-22(12-16)28-24(27-21)19(14-26)13-18-4-2-3-5-23(18)29-15-17-7-9-20(25)10-8-17/h2-13H,15H2,1H3,(H,27,28). The lowest BCUT2D eigenvalue weighted by Gasteiger charge is -2.09. The quantitative estimate of drug-likeness (QED) is 0.408. The van der Waals surface area contributed by atoms with Gasteiger partial charge in [0.1, 0.15) is 24.3 Å². The van der Waals surface area contributed by atoms with Gasteiger partial charge in [-0.05, 0) is 54.5 Å². The van der Waals surface area contributed by atoms with Gasteiger partial charge < -0.3 is 9.72 Å². The predicted octanol–water partition coefficient (Wildman–Crippen LogP) is 6.17. The number of hydrogen-bond acceptors (Lipinski definition) is 3. The van der Waals surface area contributed by atoms with Crippen molar-refractivity contribution in [1.82, 2.24) is 9.97 Å². The van der Waals surface area contributed by atoms with Gasteiger partial charge in [-0.2, -0.15) is 5.26 Å². The Morgan fingerprint density at radius 2 is 1.93 bits per heavy atom. The van der Waals surface area contributed by atoms with Crippen molar-refractivity contribution in [2.24, 2.45) is 0 Å². The summed E-state index contributed by atoms with van der Waals surface area (Å²) in [7, 11) is 0. The molecule has 3 aromatic carbocycles. The molecular weight excluding hydrogens is 382 g/mol. The van der Waals surface area contributed by atoms with Crippen molar-refractivity contribution in [3.05, 3.63) is 94.3 Å². The molecule has 0 saturated heterocycles. The molecule has 5 heteroatoms. The molecule has 0 aliphatic rings. The summed E-state index contributed by atoms with van der Waals surface area (Å²) in [4.78, 5) is 7.79. The van der Waals surface area contributed by atoms with E-state index in [4.69, 9.17) is 16.3 Å². The minimum Gasteiger partial charge on any atom is -0.488 e. The molecule has 0 fully saturated rings. The Balaban J connectivity index is 1.63. The van der Waals surface area contributed by atoms with Crippen LogP contribution in [0.1, 0.15) is 22.5 Å². The van der Waals surface area contributed by atoms with E-state index < -0.39 is 0 Å². The van der Waals surface area contributed by atoms with Crippen LogP contribution < -0.4 is 4.74 Å². The summed E-state index contributed by atoms with van der Waals surface area (Å²) in [6, 6.07) is 23.4. The van der Waals surface area contributed by atoms with Crippen molar-refractivity contribution in [3.8, 4) is 11.8 Å². The minimum absolute atomic E-state index is 0.411. The largest absolute Gasteiger partial charge is 0.488 e. The molecule has 0 aliphatic carbocycles. The first-order valence-electron chi connectivity index (χ1n) is 9.17. The van der Waals surface area contributed by atoms with Gasteiger partial charge in [-0.1, -0.05) is 48.0 Å². The van der Waals surface area contributed by atoms with E-state index in [2.05, 4.69) is 16.0 Å². The Morgan fingerprint density at radius 1 is 1.14 bits per heavy atom. The summed E-state index contributed by atoms with van der Waals surface area (Å²) in [5.41, 5.74) is 5.15. The first kappa shape index (κ1) is 18.8. The van der Waals surface area contributed by atoms with E-state index in [1.807, 2.05) is 73.7 Å². The molecule has 4 nitrogen and oxygen atoms in total. The van der Waals surface area contributed by atoms with Crippen LogP contribution in [0, 0.1) is 18.3 Å². The number of nitriles is 1. The fourth-order valence-electron chi connectivity index (χ4n) is 3.03. The zero-order valence-corrected chi connectivity index (χ0v) is 16.6. The fourth-order valence-corrected chi connectivity index (χ4v) is 3.16. The Labute approximate surface area is 174 Å². The monoisotopic (exact) mass is 399 g/mol. The molecule has 1 N–H and O–H groups in total. The zero-order chi connectivity index (χ0) is 20.2. The summed E-state index contributed by atoms with van der Waals surface area (Å²) in [5, 5.41) is 10.4. The fraction of sp³-hybridized carbons (Fsp3) is 0.0833. The number of nitrogens with zero attached hydrogens (tertiary/aromatic N) is 2. The first-order chi connectivity index (χ1) is 14.1. The molecule has 0 saturated carbocycles. The van der Waals surface area contributed by atoms with Gasteiger partial charge in [-0.25, -0.2) is 4.98 Å². The molecule has 1 heterocycles. The van der Waals surface area contributed by atoms with E-state index >= 15 is 0 Å². The number of nitrogens with one attached hydrogen (secondary N) is 1. The number of benzene rings is 3. The van der Waals surface area contributed by atoms with E-state index in [0.29, 0.717) is 28.8 Å². The van der Waals surface area contributed by atoms with Crippen molar-refractivity contribution >= 4 is 34.3 Å². The van der Waals surface area contributed by atoms with Gasteiger partial charge >= 0.3 is 0 Å². The summed E-state index contributed by atoms with van der Waals surface area (Å²) in [6.45, 7) is 2.43. The number of aromatic amines is 1. The van der Waals surface area contributed by atoms with Crippen LogP contribution in [0.3, 0.4) is 0 Å². The zero-order valence-electron chi connectivity index (χ0n) is 15.8. The van der Waals surface area contributed by atoms with Crippen molar-refractivity contribution in [3.63, 3.8) is 0 Å². The summed E-state index contributed by atoms with van der Waals surface area (Å²) in [5.74, 6) is 1.24. The molecule has 1 aromatic heterocycles. The Morgan fingerprint density at radius 3 is 2.72 bits per heavy atom. The topological polar surface area (TPSA) is 61.7 Å². The van der Waals surface area contributed by atoms with E-state index in [-0.39, 0.29) is 0 Å². The van der Waals surface area contributed by atoms with Gasteiger partial charge in [0.15, 0.2) is 0 Å². The van der Waals surface area contributed by atoms with Crippen molar-refractivity contribution in [1.29, 1.82) is 5.26 Å². The minimum atomic E-state index is 0.411. The molecule has 142 valence electrons. The van der Waals surface area contributed by atoms with Crippen LogP contribution in [0.5, 0.6) is 5.75 Å². The lowest BCUT2D eigenvalue weighted by Crippen LogP contribution is -1.97. The van der Waals surface area contributed by atoms with Gasteiger partial charge in [0.2, 0.25) is 0 Å². The number of aryl methyl sites for hydroxylation is 1. The van der Waals surface area contributed by atoms with E-state index in [1.54, 1.807) is 6.08 Å². The van der Waals surface area contributed by atoms with E-state index in [1.165, 1.54) is 0 Å². The number of imidazole rings is 1. The van der Waals surface area contributed by atoms with Crippen LogP contribution in [0.2, 0.25) is 5.02 Å². The van der Waals surface area contributed by atoms with Gasteiger partial charge in [-0.3, -0.25) is 0 Å². The molecule has 0 aliphatic heterocycles. The molecule has 0 bridgehead atoms. The maximum Gasteiger partial charge on any atom is 0.149 e. The lowest BCUT2D eigenvalue weighted by atomic mass is 10.1. The molecule has 4 aromatic rings. The molecule has 29 heavy (non-hydrogen) atoms. The van der Waals surface area contributed by atoms with Crippen LogP contribution in [0.4, 0.5) is 0 Å². The van der Waals surface area contributed by atoms with Crippen LogP contribution in [0.25, 0.3) is 22.7 Å². The average Bonchev–Trinajstić information content (AvgIpc) is 3.15. The summed E-state index contributed by atoms with van der Waals surface area (Å²) < 4.78 is 5.99. The SMILES string of the molecule is Cc1ccc2nc(C(C#N)=Cc3ccccc3OCc3ccc(Cl)cc3)[nH]c2c1. The highest BCUT2D eigenvalue weighted by atomic mass is 35.5. The molecule has 0 atom stereocenters. The average molecular weight is 400 g/mol. The van der Waals surface area contributed by atoms with Gasteiger partial charge in [0.25, 0.3) is 0 Å². The second-order valence-corrected chi connectivity index (χ2v) is 7.17. The van der Waals surface area contributed by atoms with Crippen LogP contribution in [-0.4, -0.2) is 9.97 Å². The highest BCUT2D eigenvalue weighted by Gasteiger charge is 2.10. The lowest BCUT2D eigenvalue weighted by molar-refractivity contribution is 0.305. The van der Waals surface area contributed by atoms with Crippen LogP contribution in [0.15, 0.2) is 66.7 Å². The number of allylic oxidation sites excluding steroid dienone is 1. The number of aromatic nitrogens is 2. The maximum atomic E-state index is 9.71. The Bertz CT molecular complexity index is 1230. The second-order valence-electron chi connectivity index (χ2n) is 6.73. The van der Waals surface area contributed by atoms with Gasteiger partial charge in [-0.15, -0.1) is 0 Å². The number of halogens is 1. The third-order valence-electron chi connectivity index (χ3n) is 4.54. The molecular formula is C24H18ClN3O. The van der Waals surface area contributed by atoms with E-state index in [0.717, 1.165) is 27.7 Å². The number of ether oxygens (including phenoxy) is 1. The smallest absolute Gasteiger partial charge is 0.149 e. The van der Waals surface area contributed by atoms with Gasteiger partial charge in [0.05, 0.1) is 16.6 Å². The third-order valence-corrected chi connectivity index (χ3v) is 4.79. The molecule has 0 spiro atoms. The highest BCUT2D eigenvalue weighted by Crippen LogP contribution is 2.26. The second kappa shape index (κ2) is 8.22. The Kier molecular flexibility index (Phi) is 5.33. The van der Waals surface area contributed by atoms with Crippen LogP contribution >= 0.6 is 11.6 Å². The number of para-hydroxylation sites is 1. The summed E-state index contributed by atoms with van der Waals surface area (Å²) >= 11 is 5.94. The van der Waals surface area contributed by atoms with E-state index in [9.17, 15) is 5.26 Å². The number of hydrogen-bond donors (Lipinski definition) is 1. The Hall–Kier alpha value is -3.55. The van der Waals surface area contributed by atoms with Crippen molar-refractivity contribution < 1.29 is 4.74 Å². The predicted molar refractivity (Wildman–Crippen MR) is 117 cm³/mol. The highest BCUT2D eigenvalue weighted by molar-refractivity contribution is 6.30. The summed E-state index contributed by atoms with van der Waals surface area (Å²) in [6.07, 6.45) is 1.79. The number of fused-ring (bicyclic) bond motifs is 1. The molecule has 0 amide bonds. The van der Waals surface area contributed by atoms with Crippen LogP contribution in [-0.2, 0) is 6.61 Å². The molecule has 4 rings (SSSR count). The first-order valence-corrected chi connectivity index (χ1v) is 9.55. The maximum absolute atomic E-state index is 9.71. The van der Waals surface area contributed by atoms with Crippen molar-refractivity contribution in [2.75, 3.05) is 0 Å². The normalized spacial score (nSPS) is 11.4. The van der Waals surface area contributed by atoms with Crippen molar-refractivity contribution in [2.45, 2.75) is 13.5 Å². The number of rotatable bonds is 5.